The minimum absolute atomic E-state index is 0.119. The van der Waals surface area contributed by atoms with Gasteiger partial charge in [0.25, 0.3) is 5.56 Å². The molecule has 1 aliphatic rings. The highest BCUT2D eigenvalue weighted by Gasteiger charge is 2.37. The zero-order valence-electron chi connectivity index (χ0n) is 15.5. The maximum atomic E-state index is 12.3. The van der Waals surface area contributed by atoms with Crippen molar-refractivity contribution < 1.29 is 5.11 Å². The van der Waals surface area contributed by atoms with Crippen LogP contribution in [0, 0.1) is 0 Å². The number of β-amino-alcohol motifs (C(OH)–C–C–N with tert-alkyl or cyclic N) is 1. The van der Waals surface area contributed by atoms with Crippen LogP contribution in [0.25, 0.3) is 5.65 Å². The maximum absolute atomic E-state index is 12.3. The van der Waals surface area contributed by atoms with E-state index in [0.717, 1.165) is 13.1 Å². The van der Waals surface area contributed by atoms with Crippen molar-refractivity contribution >= 4 is 11.5 Å². The van der Waals surface area contributed by atoms with Gasteiger partial charge in [-0.25, -0.2) is 4.98 Å². The molecule has 0 spiro atoms. The lowest BCUT2D eigenvalue weighted by Gasteiger charge is -2.29. The SMILES string of the molecule is CN(CC1(O)CCN(Cc2ccccc2)C1)c1cc(=O)n2ccccc2n1. The first-order chi connectivity index (χ1) is 13.0. The second kappa shape index (κ2) is 7.13. The zero-order chi connectivity index (χ0) is 18.9. The van der Waals surface area contributed by atoms with Gasteiger partial charge in [-0.15, -0.1) is 0 Å². The number of likely N-dealkylation sites (tertiary alicyclic amines) is 1. The molecule has 6 heteroatoms. The fourth-order valence-electron chi connectivity index (χ4n) is 3.81. The van der Waals surface area contributed by atoms with Crippen LogP contribution in [0.1, 0.15) is 12.0 Å². The number of aliphatic hydroxyl groups is 1. The van der Waals surface area contributed by atoms with Crippen LogP contribution in [-0.4, -0.2) is 51.7 Å². The number of hydrogen-bond acceptors (Lipinski definition) is 5. The largest absolute Gasteiger partial charge is 0.387 e. The summed E-state index contributed by atoms with van der Waals surface area (Å²) < 4.78 is 1.52. The second-order valence-corrected chi connectivity index (χ2v) is 7.41. The van der Waals surface area contributed by atoms with Gasteiger partial charge < -0.3 is 10.0 Å². The Kier molecular flexibility index (Phi) is 4.68. The van der Waals surface area contributed by atoms with Crippen molar-refractivity contribution in [2.24, 2.45) is 0 Å². The third-order valence-electron chi connectivity index (χ3n) is 5.14. The number of likely N-dealkylation sites (N-methyl/N-ethyl adjacent to an activating group) is 1. The first-order valence-electron chi connectivity index (χ1n) is 9.21. The van der Waals surface area contributed by atoms with Crippen LogP contribution < -0.4 is 10.5 Å². The molecular weight excluding hydrogens is 340 g/mol. The van der Waals surface area contributed by atoms with E-state index >= 15 is 0 Å². The maximum Gasteiger partial charge on any atom is 0.259 e. The minimum Gasteiger partial charge on any atom is -0.387 e. The van der Waals surface area contributed by atoms with E-state index in [4.69, 9.17) is 0 Å². The summed E-state index contributed by atoms with van der Waals surface area (Å²) in [5.74, 6) is 0.584. The van der Waals surface area contributed by atoms with E-state index in [2.05, 4.69) is 22.0 Å². The van der Waals surface area contributed by atoms with Gasteiger partial charge in [-0.3, -0.25) is 14.1 Å². The molecule has 1 N–H and O–H groups in total. The molecule has 2 aromatic heterocycles. The van der Waals surface area contributed by atoms with E-state index in [-0.39, 0.29) is 5.56 Å². The van der Waals surface area contributed by atoms with Gasteiger partial charge in [0, 0.05) is 45.5 Å². The number of hydrogen-bond donors (Lipinski definition) is 1. The molecule has 27 heavy (non-hydrogen) atoms. The van der Waals surface area contributed by atoms with Crippen molar-refractivity contribution in [3.8, 4) is 0 Å². The number of rotatable bonds is 5. The normalized spacial score (nSPS) is 20.2. The molecule has 140 valence electrons. The van der Waals surface area contributed by atoms with Gasteiger partial charge in [-0.05, 0) is 24.1 Å². The van der Waals surface area contributed by atoms with E-state index in [1.165, 1.54) is 16.0 Å². The topological polar surface area (TPSA) is 61.1 Å². The van der Waals surface area contributed by atoms with Crippen molar-refractivity contribution in [1.29, 1.82) is 0 Å². The average molecular weight is 364 g/mol. The monoisotopic (exact) mass is 364 g/mol. The number of pyridine rings is 1. The van der Waals surface area contributed by atoms with Gasteiger partial charge in [0.05, 0.1) is 5.60 Å². The summed E-state index contributed by atoms with van der Waals surface area (Å²) in [5, 5.41) is 11.1. The third kappa shape index (κ3) is 3.86. The van der Waals surface area contributed by atoms with Crippen molar-refractivity contribution in [3.05, 3.63) is 76.7 Å². The Bertz CT molecular complexity index is 988. The molecule has 0 saturated carbocycles. The standard InChI is InChI=1S/C21H24N4O2/c1-23(19-13-20(26)25-11-6-5-9-18(25)22-19)15-21(27)10-12-24(16-21)14-17-7-3-2-4-8-17/h2-9,11,13,27H,10,12,14-16H2,1H3. The summed E-state index contributed by atoms with van der Waals surface area (Å²) in [6.45, 7) is 2.74. The molecule has 1 aliphatic heterocycles. The molecule has 1 aromatic carbocycles. The molecule has 0 bridgehead atoms. The van der Waals surface area contributed by atoms with Crippen molar-refractivity contribution in [1.82, 2.24) is 14.3 Å². The first kappa shape index (κ1) is 17.7. The Balaban J connectivity index is 1.46. The Morgan fingerprint density at radius 3 is 2.78 bits per heavy atom. The number of aromatic nitrogens is 2. The van der Waals surface area contributed by atoms with E-state index in [1.807, 2.05) is 48.3 Å². The molecular formula is C21H24N4O2. The fourth-order valence-corrected chi connectivity index (χ4v) is 3.81. The molecule has 0 aliphatic carbocycles. The lowest BCUT2D eigenvalue weighted by Crippen LogP contribution is -2.44. The molecule has 3 heterocycles. The predicted octanol–water partition coefficient (Wildman–Crippen LogP) is 1.77. The smallest absolute Gasteiger partial charge is 0.259 e. The Morgan fingerprint density at radius 2 is 1.96 bits per heavy atom. The number of benzene rings is 1. The lowest BCUT2D eigenvalue weighted by molar-refractivity contribution is 0.0561. The van der Waals surface area contributed by atoms with Gasteiger partial charge in [0.15, 0.2) is 0 Å². The quantitative estimate of drug-likeness (QED) is 0.748. The van der Waals surface area contributed by atoms with Crippen LogP contribution in [0.4, 0.5) is 5.82 Å². The second-order valence-electron chi connectivity index (χ2n) is 7.41. The van der Waals surface area contributed by atoms with Gasteiger partial charge in [-0.2, -0.15) is 0 Å². The number of nitrogens with zero attached hydrogens (tertiary/aromatic N) is 4. The van der Waals surface area contributed by atoms with Crippen molar-refractivity contribution in [2.75, 3.05) is 31.6 Å². The van der Waals surface area contributed by atoms with E-state index in [1.54, 1.807) is 6.20 Å². The van der Waals surface area contributed by atoms with E-state index in [0.29, 0.717) is 31.0 Å². The van der Waals surface area contributed by atoms with E-state index < -0.39 is 5.60 Å². The molecule has 0 amide bonds. The Morgan fingerprint density at radius 1 is 1.19 bits per heavy atom. The van der Waals surface area contributed by atoms with Gasteiger partial charge in [0.2, 0.25) is 0 Å². The Labute approximate surface area is 158 Å². The summed E-state index contributed by atoms with van der Waals surface area (Å²) >= 11 is 0. The zero-order valence-corrected chi connectivity index (χ0v) is 15.5. The van der Waals surface area contributed by atoms with Gasteiger partial charge in [0.1, 0.15) is 11.5 Å². The van der Waals surface area contributed by atoms with Crippen LogP contribution in [0.2, 0.25) is 0 Å². The van der Waals surface area contributed by atoms with Crippen molar-refractivity contribution in [2.45, 2.75) is 18.6 Å². The highest BCUT2D eigenvalue weighted by molar-refractivity contribution is 5.47. The van der Waals surface area contributed by atoms with Crippen LogP contribution in [0.5, 0.6) is 0 Å². The summed E-state index contributed by atoms with van der Waals surface area (Å²) in [4.78, 5) is 21.0. The van der Waals surface area contributed by atoms with Gasteiger partial charge >= 0.3 is 0 Å². The highest BCUT2D eigenvalue weighted by Crippen LogP contribution is 2.25. The first-order valence-corrected chi connectivity index (χ1v) is 9.21. The molecule has 0 radical (unpaired) electrons. The van der Waals surface area contributed by atoms with Crippen molar-refractivity contribution in [3.63, 3.8) is 0 Å². The summed E-state index contributed by atoms with van der Waals surface area (Å²) in [5.41, 5.74) is 0.925. The number of fused-ring (bicyclic) bond motifs is 1. The minimum atomic E-state index is -0.812. The van der Waals surface area contributed by atoms with E-state index in [9.17, 15) is 9.90 Å². The molecule has 1 fully saturated rings. The molecule has 1 saturated heterocycles. The van der Waals surface area contributed by atoms with Crippen LogP contribution in [-0.2, 0) is 6.54 Å². The lowest BCUT2D eigenvalue weighted by atomic mass is 10.0. The highest BCUT2D eigenvalue weighted by atomic mass is 16.3. The fraction of sp³-hybridized carbons (Fsp3) is 0.333. The van der Waals surface area contributed by atoms with Crippen LogP contribution >= 0.6 is 0 Å². The predicted molar refractivity (Wildman–Crippen MR) is 106 cm³/mol. The number of anilines is 1. The van der Waals surface area contributed by atoms with Crippen LogP contribution in [0.15, 0.2) is 65.6 Å². The third-order valence-corrected chi connectivity index (χ3v) is 5.14. The summed E-state index contributed by atoms with van der Waals surface area (Å²) in [7, 11) is 1.87. The summed E-state index contributed by atoms with van der Waals surface area (Å²) in [6.07, 6.45) is 2.41. The Hall–Kier alpha value is -2.70. The molecule has 3 aromatic rings. The van der Waals surface area contributed by atoms with Gasteiger partial charge in [-0.1, -0.05) is 36.4 Å². The average Bonchev–Trinajstić information content (AvgIpc) is 3.02. The molecule has 1 atom stereocenters. The molecule has 6 nitrogen and oxygen atoms in total. The molecule has 1 unspecified atom stereocenters. The van der Waals surface area contributed by atoms with Crippen LogP contribution in [0.3, 0.4) is 0 Å². The molecule has 4 rings (SSSR count). The summed E-state index contributed by atoms with van der Waals surface area (Å²) in [6, 6.07) is 17.3.